The molecule has 6 N–H and O–H groups in total. The van der Waals surface area contributed by atoms with Gasteiger partial charge in [-0.2, -0.15) is 0 Å². The van der Waals surface area contributed by atoms with Gasteiger partial charge in [0.05, 0.1) is 5.41 Å². The highest BCUT2D eigenvalue weighted by Crippen LogP contribution is 2.59. The van der Waals surface area contributed by atoms with Crippen LogP contribution in [0.25, 0.3) is 16.7 Å². The first-order valence-electron chi connectivity index (χ1n) is 14.8. The van der Waals surface area contributed by atoms with Crippen molar-refractivity contribution < 1.29 is 24.9 Å². The fraction of sp³-hybridized carbons (Fsp3) is 0.278. The molecule has 0 saturated heterocycles. The van der Waals surface area contributed by atoms with E-state index < -0.39 is 34.4 Å². The van der Waals surface area contributed by atoms with Gasteiger partial charge in [-0.1, -0.05) is 60.6 Å². The number of amides is 1. The number of aromatic hydroxyl groups is 1. The summed E-state index contributed by atoms with van der Waals surface area (Å²) in [5.41, 5.74) is 10.4. The van der Waals surface area contributed by atoms with E-state index in [2.05, 4.69) is 36.2 Å². The number of ketones is 1. The summed E-state index contributed by atoms with van der Waals surface area (Å²) in [6.07, 6.45) is 1.90. The monoisotopic (exact) mass is 610 g/mol. The van der Waals surface area contributed by atoms with Crippen molar-refractivity contribution in [3.8, 4) is 16.9 Å². The van der Waals surface area contributed by atoms with Crippen molar-refractivity contribution in [2.24, 2.45) is 23.0 Å². The fourth-order valence-corrected chi connectivity index (χ4v) is 7.38. The molecule has 3 aromatic rings. The number of nitrogens with one attached hydrogen (secondary N) is 1. The standard InChI is InChI=1S/C36H35ClN2O5/c1-19-30-23(15-24-17-29(41)32(35(38)44)34(43)36(24,2)33(30)42)16-27-26(11-12-28(40)31(19)27)22-7-3-21(4-8-22)18-39-14-13-20-5-9-25(37)10-6-20/h3-12,23-24,39-40,42-43H,1,13-18H2,2H3,(H2,38,44)/t23-,24+,36-/m1/s1. The van der Waals surface area contributed by atoms with Gasteiger partial charge in [-0.15, -0.1) is 0 Å². The molecule has 44 heavy (non-hydrogen) atoms. The van der Waals surface area contributed by atoms with Gasteiger partial charge in [0.25, 0.3) is 5.91 Å². The molecule has 0 heterocycles. The lowest BCUT2D eigenvalue weighted by Crippen LogP contribution is -2.46. The number of allylic oxidation sites excluding steroid dienone is 2. The average Bonchev–Trinajstić information content (AvgIpc) is 2.98. The van der Waals surface area contributed by atoms with Crippen LogP contribution in [0.1, 0.15) is 42.0 Å². The Morgan fingerprint density at radius 2 is 1.68 bits per heavy atom. The van der Waals surface area contributed by atoms with Crippen molar-refractivity contribution in [2.75, 3.05) is 6.54 Å². The normalized spacial score (nSPS) is 22.9. The highest BCUT2D eigenvalue weighted by Gasteiger charge is 2.55. The SMILES string of the molecule is C=C1C2=C(O)[C@]3(C)C(O)=C(C(N)=O)C(=O)C[C@@H]3C[C@@H]2Cc2c(-c3ccc(CNCCc4ccc(Cl)cc4)cc3)ccc(O)c21. The van der Waals surface area contributed by atoms with Crippen LogP contribution in [0.15, 0.2) is 89.9 Å². The smallest absolute Gasteiger partial charge is 0.255 e. The molecule has 0 spiro atoms. The molecule has 3 atom stereocenters. The van der Waals surface area contributed by atoms with E-state index in [1.54, 1.807) is 13.0 Å². The van der Waals surface area contributed by atoms with Gasteiger partial charge >= 0.3 is 0 Å². The number of phenolic OH excluding ortho intramolecular Hbond substituents is 1. The summed E-state index contributed by atoms with van der Waals surface area (Å²) in [6, 6.07) is 19.7. The summed E-state index contributed by atoms with van der Waals surface area (Å²) in [6.45, 7) is 7.48. The second-order valence-corrected chi connectivity index (χ2v) is 12.7. The summed E-state index contributed by atoms with van der Waals surface area (Å²) in [4.78, 5) is 24.8. The van der Waals surface area contributed by atoms with Crippen molar-refractivity contribution in [1.29, 1.82) is 0 Å². The number of carbonyl (C=O) groups is 2. The number of halogens is 1. The summed E-state index contributed by atoms with van der Waals surface area (Å²) < 4.78 is 0. The third-order valence-corrected chi connectivity index (χ3v) is 9.94. The molecular weight excluding hydrogens is 576 g/mol. The zero-order chi connectivity index (χ0) is 31.3. The lowest BCUT2D eigenvalue weighted by atomic mass is 9.55. The van der Waals surface area contributed by atoms with Crippen LogP contribution in [0, 0.1) is 17.3 Å². The Morgan fingerprint density at radius 3 is 2.36 bits per heavy atom. The molecule has 0 unspecified atom stereocenters. The van der Waals surface area contributed by atoms with Crippen molar-refractivity contribution in [3.05, 3.63) is 117 Å². The van der Waals surface area contributed by atoms with Gasteiger partial charge < -0.3 is 26.4 Å². The number of Topliss-reactive ketones (excluding diaryl/α,β-unsaturated/α-hetero) is 1. The minimum atomic E-state index is -1.35. The maximum Gasteiger partial charge on any atom is 0.255 e. The van der Waals surface area contributed by atoms with Crippen LogP contribution in [-0.2, 0) is 29.0 Å². The first kappa shape index (κ1) is 29.7. The summed E-state index contributed by atoms with van der Waals surface area (Å²) >= 11 is 5.97. The Bertz CT molecular complexity index is 1760. The van der Waals surface area contributed by atoms with Gasteiger partial charge in [-0.05, 0) is 96.2 Å². The molecule has 0 radical (unpaired) electrons. The number of carbonyl (C=O) groups excluding carboxylic acids is 2. The van der Waals surface area contributed by atoms with E-state index in [4.69, 9.17) is 17.3 Å². The first-order chi connectivity index (χ1) is 21.0. The summed E-state index contributed by atoms with van der Waals surface area (Å²) in [5, 5.41) is 37.9. The fourth-order valence-electron chi connectivity index (χ4n) is 7.26. The van der Waals surface area contributed by atoms with Crippen LogP contribution in [0.4, 0.5) is 0 Å². The third-order valence-electron chi connectivity index (χ3n) is 9.69. The predicted molar refractivity (Wildman–Crippen MR) is 171 cm³/mol. The average molecular weight is 611 g/mol. The Hall–Kier alpha value is -4.33. The minimum Gasteiger partial charge on any atom is -0.511 e. The molecule has 1 amide bonds. The second kappa shape index (κ2) is 11.3. The van der Waals surface area contributed by atoms with Crippen molar-refractivity contribution in [1.82, 2.24) is 5.32 Å². The lowest BCUT2D eigenvalue weighted by molar-refractivity contribution is -0.124. The molecule has 226 valence electrons. The first-order valence-corrected chi connectivity index (χ1v) is 15.2. The van der Waals surface area contributed by atoms with Gasteiger partial charge in [-0.25, -0.2) is 0 Å². The number of fused-ring (bicyclic) bond motifs is 3. The topological polar surface area (TPSA) is 133 Å². The Kier molecular flexibility index (Phi) is 7.64. The highest BCUT2D eigenvalue weighted by molar-refractivity contribution is 6.30. The molecular formula is C36H35ClN2O5. The van der Waals surface area contributed by atoms with Gasteiger partial charge in [0.2, 0.25) is 0 Å². The molecule has 3 aliphatic carbocycles. The van der Waals surface area contributed by atoms with Crippen LogP contribution < -0.4 is 11.1 Å². The van der Waals surface area contributed by atoms with Gasteiger partial charge in [0, 0.05) is 29.1 Å². The van der Waals surface area contributed by atoms with Crippen LogP contribution >= 0.6 is 11.6 Å². The van der Waals surface area contributed by atoms with Crippen molar-refractivity contribution >= 4 is 28.9 Å². The lowest BCUT2D eigenvalue weighted by Gasteiger charge is -2.48. The van der Waals surface area contributed by atoms with Crippen LogP contribution in [0.5, 0.6) is 5.75 Å². The molecule has 0 saturated carbocycles. The third kappa shape index (κ3) is 4.90. The van der Waals surface area contributed by atoms with Crippen LogP contribution in [-0.4, -0.2) is 33.6 Å². The molecule has 6 rings (SSSR count). The van der Waals surface area contributed by atoms with Gasteiger partial charge in [0.1, 0.15) is 22.8 Å². The molecule has 0 aliphatic heterocycles. The number of hydrogen-bond donors (Lipinski definition) is 5. The largest absolute Gasteiger partial charge is 0.511 e. The number of phenols is 1. The Balaban J connectivity index is 1.27. The Morgan fingerprint density at radius 1 is 1.00 bits per heavy atom. The molecule has 0 aromatic heterocycles. The van der Waals surface area contributed by atoms with E-state index in [9.17, 15) is 24.9 Å². The van der Waals surface area contributed by atoms with Crippen molar-refractivity contribution in [3.63, 3.8) is 0 Å². The van der Waals surface area contributed by atoms with E-state index in [1.807, 2.05) is 30.3 Å². The van der Waals surface area contributed by atoms with Gasteiger partial charge in [-0.3, -0.25) is 9.59 Å². The number of benzene rings is 3. The molecule has 0 fully saturated rings. The predicted octanol–water partition coefficient (Wildman–Crippen LogP) is 6.34. The van der Waals surface area contributed by atoms with Crippen LogP contribution in [0.3, 0.4) is 0 Å². The maximum atomic E-state index is 12.8. The van der Waals surface area contributed by atoms with E-state index in [1.165, 1.54) is 5.56 Å². The summed E-state index contributed by atoms with van der Waals surface area (Å²) in [7, 11) is 0. The van der Waals surface area contributed by atoms with Gasteiger partial charge in [0.15, 0.2) is 5.78 Å². The number of rotatable bonds is 7. The van der Waals surface area contributed by atoms with E-state index in [0.29, 0.717) is 29.6 Å². The number of primary amides is 1. The quantitative estimate of drug-likeness (QED) is 0.157. The maximum absolute atomic E-state index is 12.8. The highest BCUT2D eigenvalue weighted by atomic mass is 35.5. The molecule has 7 nitrogen and oxygen atoms in total. The van der Waals surface area contributed by atoms with Crippen LogP contribution in [0.2, 0.25) is 5.02 Å². The van der Waals surface area contributed by atoms with E-state index >= 15 is 0 Å². The second-order valence-electron chi connectivity index (χ2n) is 12.2. The van der Waals surface area contributed by atoms with E-state index in [-0.39, 0.29) is 23.8 Å². The minimum absolute atomic E-state index is 0.00585. The Labute approximate surface area is 261 Å². The number of hydrogen-bond acceptors (Lipinski definition) is 6. The zero-order valence-electron chi connectivity index (χ0n) is 24.5. The number of nitrogens with two attached hydrogens (primary N) is 1. The van der Waals surface area contributed by atoms with Crippen molar-refractivity contribution in [2.45, 2.75) is 39.2 Å². The molecule has 3 aromatic carbocycles. The molecule has 3 aliphatic rings. The van der Waals surface area contributed by atoms with E-state index in [0.717, 1.165) is 46.8 Å². The summed E-state index contributed by atoms with van der Waals surface area (Å²) in [5.74, 6) is -2.70. The zero-order valence-corrected chi connectivity index (χ0v) is 25.2. The molecule has 0 bridgehead atoms. The number of aliphatic hydroxyl groups excluding tert-OH is 2. The molecule has 8 heteroatoms. The number of aliphatic hydroxyl groups is 2.